The number of aliphatic hydroxyl groups is 1. The van der Waals surface area contributed by atoms with Gasteiger partial charge in [0, 0.05) is 25.6 Å². The lowest BCUT2D eigenvalue weighted by Crippen LogP contribution is -2.19. The number of allylic oxidation sites excluding steroid dienone is 2. The number of aryl methyl sites for hydroxylation is 1. The highest BCUT2D eigenvalue weighted by Gasteiger charge is 2.27. The first-order valence-corrected chi connectivity index (χ1v) is 8.64. The van der Waals surface area contributed by atoms with E-state index < -0.39 is 0 Å². The fourth-order valence-electron chi connectivity index (χ4n) is 2.92. The van der Waals surface area contributed by atoms with Crippen LogP contribution in [-0.4, -0.2) is 49.2 Å². The first-order valence-electron chi connectivity index (χ1n) is 8.64. The highest BCUT2D eigenvalue weighted by atomic mass is 16.3. The number of hydrogen-bond acceptors (Lipinski definition) is 4. The SMILES string of the molecule is Cc1ccc(C2CC(=O)C(C=NCCCCN(C)C)=C(O)C2)cc1. The van der Waals surface area contributed by atoms with Gasteiger partial charge in [-0.2, -0.15) is 0 Å². The smallest absolute Gasteiger partial charge is 0.168 e. The summed E-state index contributed by atoms with van der Waals surface area (Å²) in [4.78, 5) is 18.8. The summed E-state index contributed by atoms with van der Waals surface area (Å²) in [6.07, 6.45) is 4.59. The van der Waals surface area contributed by atoms with Gasteiger partial charge in [-0.1, -0.05) is 29.8 Å². The Morgan fingerprint density at radius 1 is 1.21 bits per heavy atom. The predicted molar refractivity (Wildman–Crippen MR) is 99.0 cm³/mol. The van der Waals surface area contributed by atoms with Gasteiger partial charge in [-0.05, 0) is 51.9 Å². The van der Waals surface area contributed by atoms with Crippen molar-refractivity contribution in [3.05, 3.63) is 46.7 Å². The molecule has 1 aromatic rings. The number of aliphatic imine (C=N–C) groups is 1. The minimum absolute atomic E-state index is 0.0126. The first kappa shape index (κ1) is 18.4. The van der Waals surface area contributed by atoms with E-state index in [1.54, 1.807) is 6.21 Å². The molecule has 1 atom stereocenters. The molecule has 1 N–H and O–H groups in total. The summed E-state index contributed by atoms with van der Waals surface area (Å²) in [5, 5.41) is 10.3. The number of ketones is 1. The first-order chi connectivity index (χ1) is 11.5. The van der Waals surface area contributed by atoms with Gasteiger partial charge < -0.3 is 10.0 Å². The summed E-state index contributed by atoms with van der Waals surface area (Å²) < 4.78 is 0. The Kier molecular flexibility index (Phi) is 6.73. The van der Waals surface area contributed by atoms with Crippen LogP contribution in [0.1, 0.15) is 42.7 Å². The van der Waals surface area contributed by atoms with Crippen LogP contribution in [0.3, 0.4) is 0 Å². The van der Waals surface area contributed by atoms with Crippen molar-refractivity contribution in [2.75, 3.05) is 27.2 Å². The summed E-state index contributed by atoms with van der Waals surface area (Å²) in [5.74, 6) is 0.227. The Hall–Kier alpha value is -1.94. The molecule has 0 amide bonds. The average Bonchev–Trinajstić information content (AvgIpc) is 2.53. The van der Waals surface area contributed by atoms with E-state index in [1.807, 2.05) is 31.2 Å². The van der Waals surface area contributed by atoms with Crippen molar-refractivity contribution >= 4 is 12.0 Å². The Balaban J connectivity index is 1.93. The molecule has 0 aromatic heterocycles. The molecule has 0 spiro atoms. The second-order valence-electron chi connectivity index (χ2n) is 6.85. The third kappa shape index (κ3) is 5.31. The summed E-state index contributed by atoms with van der Waals surface area (Å²) in [6, 6.07) is 8.19. The van der Waals surface area contributed by atoms with E-state index in [0.717, 1.165) is 24.9 Å². The molecule has 1 aromatic carbocycles. The van der Waals surface area contributed by atoms with Gasteiger partial charge in [0.25, 0.3) is 0 Å². The van der Waals surface area contributed by atoms with Gasteiger partial charge in [-0.15, -0.1) is 0 Å². The number of benzene rings is 1. The van der Waals surface area contributed by atoms with Crippen LogP contribution >= 0.6 is 0 Å². The van der Waals surface area contributed by atoms with Crippen molar-refractivity contribution in [1.82, 2.24) is 4.90 Å². The number of carbonyl (C=O) groups is 1. The third-order valence-electron chi connectivity index (χ3n) is 4.39. The van der Waals surface area contributed by atoms with Gasteiger partial charge in [0.1, 0.15) is 5.76 Å². The predicted octanol–water partition coefficient (Wildman–Crippen LogP) is 3.67. The molecule has 2 rings (SSSR count). The lowest BCUT2D eigenvalue weighted by atomic mass is 9.83. The van der Waals surface area contributed by atoms with Crippen LogP contribution in [0.5, 0.6) is 0 Å². The number of hydrogen-bond donors (Lipinski definition) is 1. The van der Waals surface area contributed by atoms with Crippen LogP contribution in [0.15, 0.2) is 40.6 Å². The monoisotopic (exact) mass is 328 g/mol. The molecule has 0 saturated carbocycles. The highest BCUT2D eigenvalue weighted by Crippen LogP contribution is 2.33. The molecule has 0 bridgehead atoms. The Labute approximate surface area is 144 Å². The molecule has 0 saturated heterocycles. The lowest BCUT2D eigenvalue weighted by molar-refractivity contribution is -0.116. The van der Waals surface area contributed by atoms with Crippen LogP contribution in [0, 0.1) is 6.92 Å². The van der Waals surface area contributed by atoms with Crippen LogP contribution < -0.4 is 0 Å². The van der Waals surface area contributed by atoms with Gasteiger partial charge in [0.15, 0.2) is 5.78 Å². The van der Waals surface area contributed by atoms with Crippen molar-refractivity contribution in [1.29, 1.82) is 0 Å². The fraction of sp³-hybridized carbons (Fsp3) is 0.500. The number of aliphatic hydroxyl groups excluding tert-OH is 1. The second kappa shape index (κ2) is 8.78. The molecule has 24 heavy (non-hydrogen) atoms. The molecule has 4 heteroatoms. The fourth-order valence-corrected chi connectivity index (χ4v) is 2.92. The minimum Gasteiger partial charge on any atom is -0.511 e. The van der Waals surface area contributed by atoms with Crippen LogP contribution in [-0.2, 0) is 4.79 Å². The molecule has 0 heterocycles. The third-order valence-corrected chi connectivity index (χ3v) is 4.39. The zero-order valence-electron chi connectivity index (χ0n) is 15.0. The van der Waals surface area contributed by atoms with E-state index >= 15 is 0 Å². The van der Waals surface area contributed by atoms with Crippen LogP contribution in [0.4, 0.5) is 0 Å². The van der Waals surface area contributed by atoms with Crippen molar-refractivity contribution in [2.45, 2.75) is 38.5 Å². The maximum atomic E-state index is 12.3. The molecule has 1 aliphatic rings. The summed E-state index contributed by atoms with van der Waals surface area (Å²) >= 11 is 0. The molecule has 4 nitrogen and oxygen atoms in total. The molecule has 1 unspecified atom stereocenters. The van der Waals surface area contributed by atoms with Crippen molar-refractivity contribution in [3.8, 4) is 0 Å². The van der Waals surface area contributed by atoms with E-state index in [1.165, 1.54) is 5.56 Å². The number of rotatable bonds is 7. The molecule has 0 radical (unpaired) electrons. The number of unbranched alkanes of at least 4 members (excludes halogenated alkanes) is 1. The van der Waals surface area contributed by atoms with Crippen LogP contribution in [0.2, 0.25) is 0 Å². The second-order valence-corrected chi connectivity index (χ2v) is 6.85. The van der Waals surface area contributed by atoms with E-state index in [-0.39, 0.29) is 17.5 Å². The van der Waals surface area contributed by atoms with E-state index in [0.29, 0.717) is 25.0 Å². The number of carbonyl (C=O) groups excluding carboxylic acids is 1. The van der Waals surface area contributed by atoms with E-state index in [4.69, 9.17) is 0 Å². The largest absolute Gasteiger partial charge is 0.511 e. The van der Waals surface area contributed by atoms with E-state index in [2.05, 4.69) is 24.0 Å². The normalized spacial score (nSPS) is 18.8. The summed E-state index contributed by atoms with van der Waals surface area (Å²) in [7, 11) is 4.11. The van der Waals surface area contributed by atoms with Gasteiger partial charge in [0.2, 0.25) is 0 Å². The van der Waals surface area contributed by atoms with Crippen LogP contribution in [0.25, 0.3) is 0 Å². The van der Waals surface area contributed by atoms with Gasteiger partial charge in [-0.25, -0.2) is 0 Å². The molecule has 130 valence electrons. The minimum atomic E-state index is -0.0126. The quantitative estimate of drug-likeness (QED) is 0.614. The average molecular weight is 328 g/mol. The number of Topliss-reactive ketones (excluding diaryl/α,β-unsaturated/α-hetero) is 1. The summed E-state index contributed by atoms with van der Waals surface area (Å²) in [6.45, 7) is 3.78. The maximum absolute atomic E-state index is 12.3. The molecule has 1 aliphatic carbocycles. The van der Waals surface area contributed by atoms with Gasteiger partial charge >= 0.3 is 0 Å². The molecular weight excluding hydrogens is 300 g/mol. The maximum Gasteiger partial charge on any atom is 0.168 e. The van der Waals surface area contributed by atoms with Gasteiger partial charge in [-0.3, -0.25) is 9.79 Å². The zero-order valence-corrected chi connectivity index (χ0v) is 15.0. The zero-order chi connectivity index (χ0) is 17.5. The number of nitrogens with zero attached hydrogens (tertiary/aromatic N) is 2. The Morgan fingerprint density at radius 3 is 2.54 bits per heavy atom. The molecule has 0 fully saturated rings. The van der Waals surface area contributed by atoms with Crippen molar-refractivity contribution < 1.29 is 9.90 Å². The Bertz CT molecular complexity index is 615. The Morgan fingerprint density at radius 2 is 1.92 bits per heavy atom. The van der Waals surface area contributed by atoms with Crippen molar-refractivity contribution in [2.24, 2.45) is 4.99 Å². The van der Waals surface area contributed by atoms with E-state index in [9.17, 15) is 9.90 Å². The molecule has 0 aliphatic heterocycles. The summed E-state index contributed by atoms with van der Waals surface area (Å²) in [5.41, 5.74) is 2.70. The van der Waals surface area contributed by atoms with Crippen molar-refractivity contribution in [3.63, 3.8) is 0 Å². The van der Waals surface area contributed by atoms with Gasteiger partial charge in [0.05, 0.1) is 5.57 Å². The molecular formula is C20H28N2O2. The standard InChI is InChI=1S/C20H28N2O2/c1-15-6-8-16(9-7-15)17-12-19(23)18(20(24)13-17)14-21-10-4-5-11-22(2)3/h6-9,14,17,23H,4-5,10-13H2,1-3H3. The topological polar surface area (TPSA) is 52.9 Å². The lowest BCUT2D eigenvalue weighted by Gasteiger charge is -2.22. The highest BCUT2D eigenvalue weighted by molar-refractivity contribution is 6.14.